The summed E-state index contributed by atoms with van der Waals surface area (Å²) in [6, 6.07) is 13.3. The van der Waals surface area contributed by atoms with Crippen molar-refractivity contribution in [1.82, 2.24) is 14.7 Å². The lowest BCUT2D eigenvalue weighted by Gasteiger charge is -2.33. The smallest absolute Gasteiger partial charge is 0.410 e. The van der Waals surface area contributed by atoms with Crippen molar-refractivity contribution in [3.8, 4) is 11.5 Å². The van der Waals surface area contributed by atoms with Gasteiger partial charge < -0.3 is 19.7 Å². The molecule has 10 heteroatoms. The summed E-state index contributed by atoms with van der Waals surface area (Å²) >= 11 is 0. The van der Waals surface area contributed by atoms with Gasteiger partial charge in [-0.3, -0.25) is 4.79 Å². The number of ether oxygens (including phenoxy) is 2. The molecule has 1 N–H and O–H groups in total. The van der Waals surface area contributed by atoms with Crippen LogP contribution in [-0.4, -0.2) is 40.6 Å². The van der Waals surface area contributed by atoms with Crippen molar-refractivity contribution < 1.29 is 27.4 Å². The average molecular weight is 458 g/mol. The third kappa shape index (κ3) is 4.08. The molecule has 3 aromatic rings. The molecule has 0 saturated carbocycles. The summed E-state index contributed by atoms with van der Waals surface area (Å²) in [7, 11) is 1.59. The minimum atomic E-state index is -4.53. The fourth-order valence-corrected chi connectivity index (χ4v) is 4.15. The maximum absolute atomic E-state index is 14.0. The van der Waals surface area contributed by atoms with Crippen LogP contribution in [0.5, 0.6) is 11.5 Å². The molecular formula is C23H21F3N4O3. The van der Waals surface area contributed by atoms with E-state index >= 15 is 0 Å². The Balaban J connectivity index is 1.42. The molecule has 1 amide bonds. The second-order valence-electron chi connectivity index (χ2n) is 8.11. The Morgan fingerprint density at radius 2 is 1.91 bits per heavy atom. The van der Waals surface area contributed by atoms with Crippen LogP contribution in [0.2, 0.25) is 0 Å². The monoisotopic (exact) mass is 458 g/mol. The van der Waals surface area contributed by atoms with Crippen LogP contribution >= 0.6 is 0 Å². The van der Waals surface area contributed by atoms with Gasteiger partial charge in [-0.05, 0) is 23.3 Å². The first-order valence-electron chi connectivity index (χ1n) is 10.4. The molecule has 0 spiro atoms. The minimum absolute atomic E-state index is 0.0449. The second-order valence-corrected chi connectivity index (χ2v) is 8.11. The predicted molar refractivity (Wildman–Crippen MR) is 113 cm³/mol. The lowest BCUT2D eigenvalue weighted by Crippen LogP contribution is -2.35. The van der Waals surface area contributed by atoms with E-state index in [1.54, 1.807) is 25.2 Å². The van der Waals surface area contributed by atoms with Gasteiger partial charge in [0.25, 0.3) is 5.91 Å². The molecule has 3 heterocycles. The number of amides is 1. The lowest BCUT2D eigenvalue weighted by molar-refractivity contribution is -0.173. The standard InChI is InChI=1S/C23H21F3N4O3/c1-29(12-14-5-3-2-4-6-14)22(31)17-11-21-27-16(10-20(23(24,25)26)30(21)28-17)15-7-8-18-19(9-15)33-13-32-18/h2-9,11,16,20,27H,10,12-13H2,1H3/t16-,20-/m0/s1. The van der Waals surface area contributed by atoms with E-state index in [9.17, 15) is 18.0 Å². The van der Waals surface area contributed by atoms with Crippen molar-refractivity contribution in [2.24, 2.45) is 0 Å². The fourth-order valence-electron chi connectivity index (χ4n) is 4.15. The summed E-state index contributed by atoms with van der Waals surface area (Å²) in [6.07, 6.45) is -4.81. The number of nitrogens with zero attached hydrogens (tertiary/aromatic N) is 3. The highest BCUT2D eigenvalue weighted by molar-refractivity contribution is 5.93. The van der Waals surface area contributed by atoms with Gasteiger partial charge in [0.05, 0.1) is 6.04 Å². The predicted octanol–water partition coefficient (Wildman–Crippen LogP) is 4.54. The summed E-state index contributed by atoms with van der Waals surface area (Å²) in [6.45, 7) is 0.397. The van der Waals surface area contributed by atoms with Crippen molar-refractivity contribution in [1.29, 1.82) is 0 Å². The molecule has 7 nitrogen and oxygen atoms in total. The van der Waals surface area contributed by atoms with E-state index < -0.39 is 24.2 Å². The summed E-state index contributed by atoms with van der Waals surface area (Å²) in [5.41, 5.74) is 1.50. The molecule has 0 aliphatic carbocycles. The molecule has 0 radical (unpaired) electrons. The molecule has 172 valence electrons. The summed E-state index contributed by atoms with van der Waals surface area (Å²) in [4.78, 5) is 14.3. The van der Waals surface area contributed by atoms with Crippen molar-refractivity contribution in [2.45, 2.75) is 31.2 Å². The summed E-state index contributed by atoms with van der Waals surface area (Å²) in [5.74, 6) is 0.738. The van der Waals surface area contributed by atoms with E-state index in [0.717, 1.165) is 10.2 Å². The number of rotatable bonds is 4. The van der Waals surface area contributed by atoms with Crippen molar-refractivity contribution in [3.63, 3.8) is 0 Å². The third-order valence-corrected chi connectivity index (χ3v) is 5.82. The van der Waals surface area contributed by atoms with Crippen LogP contribution in [0.25, 0.3) is 0 Å². The first-order chi connectivity index (χ1) is 15.8. The van der Waals surface area contributed by atoms with E-state index in [0.29, 0.717) is 23.6 Å². The molecule has 2 aliphatic rings. The van der Waals surface area contributed by atoms with Gasteiger partial charge in [-0.15, -0.1) is 0 Å². The highest BCUT2D eigenvalue weighted by atomic mass is 19.4. The van der Waals surface area contributed by atoms with Gasteiger partial charge in [0.2, 0.25) is 6.79 Å². The fraction of sp³-hybridized carbons (Fsp3) is 0.304. The molecule has 0 fully saturated rings. The van der Waals surface area contributed by atoms with E-state index in [4.69, 9.17) is 9.47 Å². The molecule has 0 unspecified atom stereocenters. The second kappa shape index (κ2) is 8.02. The molecule has 33 heavy (non-hydrogen) atoms. The van der Waals surface area contributed by atoms with Crippen LogP contribution in [0.1, 0.15) is 40.1 Å². The van der Waals surface area contributed by atoms with E-state index in [1.807, 2.05) is 30.3 Å². The lowest BCUT2D eigenvalue weighted by atomic mass is 9.96. The Bertz CT molecular complexity index is 1180. The Morgan fingerprint density at radius 1 is 1.15 bits per heavy atom. The quantitative estimate of drug-likeness (QED) is 0.622. The third-order valence-electron chi connectivity index (χ3n) is 5.82. The maximum Gasteiger partial charge on any atom is 0.410 e. The number of carbonyl (C=O) groups is 1. The van der Waals surface area contributed by atoms with Crippen LogP contribution in [0.3, 0.4) is 0 Å². The molecule has 5 rings (SSSR count). The zero-order valence-electron chi connectivity index (χ0n) is 17.7. The van der Waals surface area contributed by atoms with Gasteiger partial charge in [0.15, 0.2) is 23.2 Å². The van der Waals surface area contributed by atoms with Crippen molar-refractivity contribution in [2.75, 3.05) is 19.2 Å². The van der Waals surface area contributed by atoms with E-state index in [-0.39, 0.29) is 24.7 Å². The first kappa shape index (κ1) is 21.2. The van der Waals surface area contributed by atoms with Crippen LogP contribution < -0.4 is 14.8 Å². The Labute approximate surface area is 187 Å². The van der Waals surface area contributed by atoms with Crippen LogP contribution in [0.15, 0.2) is 54.6 Å². The zero-order valence-corrected chi connectivity index (χ0v) is 17.7. The zero-order chi connectivity index (χ0) is 23.2. The number of aromatic nitrogens is 2. The average Bonchev–Trinajstić information content (AvgIpc) is 3.44. The maximum atomic E-state index is 14.0. The molecule has 2 aliphatic heterocycles. The van der Waals surface area contributed by atoms with Crippen molar-refractivity contribution >= 4 is 11.7 Å². The van der Waals surface area contributed by atoms with E-state index in [1.165, 1.54) is 11.0 Å². The summed E-state index contributed by atoms with van der Waals surface area (Å²) < 4.78 is 53.4. The number of halogens is 3. The van der Waals surface area contributed by atoms with Gasteiger partial charge in [0, 0.05) is 26.1 Å². The first-order valence-corrected chi connectivity index (χ1v) is 10.4. The normalized spacial score (nSPS) is 19.0. The molecular weight excluding hydrogens is 437 g/mol. The molecule has 2 aromatic carbocycles. The summed E-state index contributed by atoms with van der Waals surface area (Å²) in [5, 5.41) is 7.15. The number of alkyl halides is 3. The number of hydrogen-bond donors (Lipinski definition) is 1. The van der Waals surface area contributed by atoms with Gasteiger partial charge in [-0.2, -0.15) is 18.3 Å². The van der Waals surface area contributed by atoms with Gasteiger partial charge in [-0.1, -0.05) is 36.4 Å². The number of nitrogens with one attached hydrogen (secondary N) is 1. The molecule has 0 saturated heterocycles. The van der Waals surface area contributed by atoms with E-state index in [2.05, 4.69) is 10.4 Å². The number of anilines is 1. The minimum Gasteiger partial charge on any atom is -0.454 e. The van der Waals surface area contributed by atoms with Crippen LogP contribution in [-0.2, 0) is 6.54 Å². The number of fused-ring (bicyclic) bond motifs is 2. The largest absolute Gasteiger partial charge is 0.454 e. The van der Waals surface area contributed by atoms with Gasteiger partial charge >= 0.3 is 6.18 Å². The topological polar surface area (TPSA) is 68.6 Å². The number of hydrogen-bond acceptors (Lipinski definition) is 5. The molecule has 0 bridgehead atoms. The van der Waals surface area contributed by atoms with Gasteiger partial charge in [0.1, 0.15) is 5.82 Å². The SMILES string of the molecule is CN(Cc1ccccc1)C(=O)c1cc2n(n1)[C@H](C(F)(F)F)C[C@@H](c1ccc3c(c1)OCO3)N2. The Kier molecular flexibility index (Phi) is 5.15. The number of benzene rings is 2. The highest BCUT2D eigenvalue weighted by Gasteiger charge is 2.47. The van der Waals surface area contributed by atoms with Crippen LogP contribution in [0, 0.1) is 0 Å². The van der Waals surface area contributed by atoms with Gasteiger partial charge in [-0.25, -0.2) is 4.68 Å². The number of carbonyl (C=O) groups excluding carboxylic acids is 1. The Hall–Kier alpha value is -3.69. The molecule has 2 atom stereocenters. The van der Waals surface area contributed by atoms with Crippen LogP contribution in [0.4, 0.5) is 19.0 Å². The molecule has 1 aromatic heterocycles. The highest BCUT2D eigenvalue weighted by Crippen LogP contribution is 2.45. The van der Waals surface area contributed by atoms with Crippen molar-refractivity contribution in [3.05, 3.63) is 71.4 Å². The Morgan fingerprint density at radius 3 is 2.67 bits per heavy atom.